The Morgan fingerprint density at radius 2 is 2.14 bits per heavy atom. The van der Waals surface area contributed by atoms with Gasteiger partial charge in [-0.2, -0.15) is 0 Å². The Morgan fingerprint density at radius 3 is 2.95 bits per heavy atom. The van der Waals surface area contributed by atoms with E-state index in [9.17, 15) is 4.79 Å². The van der Waals surface area contributed by atoms with Crippen LogP contribution in [0.5, 0.6) is 0 Å². The van der Waals surface area contributed by atoms with Gasteiger partial charge in [0.2, 0.25) is 0 Å². The minimum atomic E-state index is -0.672. The quantitative estimate of drug-likeness (QED) is 0.585. The first-order chi connectivity index (χ1) is 10.6. The Balaban J connectivity index is 1.53. The second-order valence-electron chi connectivity index (χ2n) is 6.20. The number of carbonyl (C=O) groups is 1. The van der Waals surface area contributed by atoms with Gasteiger partial charge < -0.3 is 23.5 Å². The number of ether oxygens (including phenoxy) is 3. The van der Waals surface area contributed by atoms with Gasteiger partial charge in [-0.05, 0) is 19.3 Å². The highest BCUT2D eigenvalue weighted by atomic mass is 16.8. The van der Waals surface area contributed by atoms with Crippen LogP contribution in [-0.4, -0.2) is 50.4 Å². The molecule has 0 radical (unpaired) electrons. The molecule has 4 rings (SSSR count). The Kier molecular flexibility index (Phi) is 3.36. The van der Waals surface area contributed by atoms with Crippen molar-refractivity contribution in [2.45, 2.75) is 44.2 Å². The number of carbonyl (C=O) groups excluding carboxylic acids is 1. The van der Waals surface area contributed by atoms with Crippen LogP contribution in [0.4, 0.5) is 0 Å². The van der Waals surface area contributed by atoms with Gasteiger partial charge in [-0.3, -0.25) is 4.79 Å². The summed E-state index contributed by atoms with van der Waals surface area (Å²) in [4.78, 5) is 10.9. The lowest BCUT2D eigenvalue weighted by atomic mass is 9.76. The Morgan fingerprint density at radius 1 is 1.27 bits per heavy atom. The zero-order valence-corrected chi connectivity index (χ0v) is 12.4. The molecule has 0 saturated carbocycles. The first-order valence-electron chi connectivity index (χ1n) is 7.39. The molecule has 116 valence electrons. The number of hydrogen-bond acceptors (Lipinski definition) is 6. The number of hydrogen-bond donors (Lipinski definition) is 0. The van der Waals surface area contributed by atoms with Crippen molar-refractivity contribution in [3.63, 3.8) is 0 Å². The van der Waals surface area contributed by atoms with E-state index in [0.717, 1.165) is 11.7 Å². The molecule has 0 spiro atoms. The fourth-order valence-corrected chi connectivity index (χ4v) is 3.16. The molecule has 0 aliphatic carbocycles. The standard InChI is InChI=1S/C15H17BO6/c1-15(2)20-13-12-11(19-14(13)21-15)8-18-16(22-12)10-5-3-4-9(6-10)7-17/h3-7,11-14H,8H2,1-2H3/t11-,12+,13-,14-/m1/s1. The van der Waals surface area contributed by atoms with E-state index in [0.29, 0.717) is 12.2 Å². The maximum Gasteiger partial charge on any atom is 0.494 e. The summed E-state index contributed by atoms with van der Waals surface area (Å²) < 4.78 is 29.2. The fourth-order valence-electron chi connectivity index (χ4n) is 3.16. The number of rotatable bonds is 2. The van der Waals surface area contributed by atoms with Gasteiger partial charge in [0.15, 0.2) is 12.1 Å². The summed E-state index contributed by atoms with van der Waals surface area (Å²) in [5.74, 6) is -0.672. The molecule has 0 bridgehead atoms. The minimum absolute atomic E-state index is 0.198. The molecule has 22 heavy (non-hydrogen) atoms. The normalized spacial score (nSPS) is 36.0. The van der Waals surface area contributed by atoms with Gasteiger partial charge in [0.1, 0.15) is 24.6 Å². The summed E-state index contributed by atoms with van der Waals surface area (Å²) in [6.07, 6.45) is -0.323. The predicted molar refractivity (Wildman–Crippen MR) is 76.7 cm³/mol. The highest BCUT2D eigenvalue weighted by Gasteiger charge is 2.57. The van der Waals surface area contributed by atoms with E-state index in [4.69, 9.17) is 23.5 Å². The molecule has 4 atom stereocenters. The second kappa shape index (κ2) is 5.14. The van der Waals surface area contributed by atoms with Crippen molar-refractivity contribution in [2.24, 2.45) is 0 Å². The van der Waals surface area contributed by atoms with Gasteiger partial charge in [0.25, 0.3) is 0 Å². The van der Waals surface area contributed by atoms with E-state index in [2.05, 4.69) is 0 Å². The molecule has 0 aromatic heterocycles. The molecule has 3 saturated heterocycles. The van der Waals surface area contributed by atoms with Gasteiger partial charge in [-0.25, -0.2) is 0 Å². The largest absolute Gasteiger partial charge is 0.494 e. The first kappa shape index (κ1) is 14.4. The molecule has 0 amide bonds. The second-order valence-corrected chi connectivity index (χ2v) is 6.20. The topological polar surface area (TPSA) is 63.2 Å². The molecule has 6 nitrogen and oxygen atoms in total. The van der Waals surface area contributed by atoms with Gasteiger partial charge in [-0.1, -0.05) is 24.3 Å². The minimum Gasteiger partial charge on any atom is -0.404 e. The lowest BCUT2D eigenvalue weighted by Gasteiger charge is -2.32. The molecule has 3 heterocycles. The van der Waals surface area contributed by atoms with Crippen LogP contribution in [0, 0.1) is 0 Å². The maximum absolute atomic E-state index is 10.9. The van der Waals surface area contributed by atoms with E-state index in [1.807, 2.05) is 26.0 Å². The van der Waals surface area contributed by atoms with Crippen LogP contribution in [0.15, 0.2) is 24.3 Å². The van der Waals surface area contributed by atoms with Crippen molar-refractivity contribution >= 4 is 18.9 Å². The molecule has 3 fully saturated rings. The van der Waals surface area contributed by atoms with Crippen molar-refractivity contribution in [2.75, 3.05) is 6.61 Å². The van der Waals surface area contributed by atoms with E-state index in [-0.39, 0.29) is 18.3 Å². The zero-order chi connectivity index (χ0) is 15.3. The fraction of sp³-hybridized carbons (Fsp3) is 0.533. The van der Waals surface area contributed by atoms with E-state index in [1.54, 1.807) is 12.1 Å². The van der Waals surface area contributed by atoms with Crippen LogP contribution in [-0.2, 0) is 23.5 Å². The van der Waals surface area contributed by atoms with Gasteiger partial charge in [-0.15, -0.1) is 0 Å². The zero-order valence-electron chi connectivity index (χ0n) is 12.4. The van der Waals surface area contributed by atoms with E-state index < -0.39 is 19.2 Å². The molecule has 0 unspecified atom stereocenters. The highest BCUT2D eigenvalue weighted by Crippen LogP contribution is 2.40. The molecule has 3 aliphatic heterocycles. The summed E-state index contributed by atoms with van der Waals surface area (Å²) >= 11 is 0. The van der Waals surface area contributed by atoms with Crippen molar-refractivity contribution in [1.29, 1.82) is 0 Å². The lowest BCUT2D eigenvalue weighted by molar-refractivity contribution is -0.221. The summed E-state index contributed by atoms with van der Waals surface area (Å²) in [6.45, 7) is 4.11. The van der Waals surface area contributed by atoms with Crippen molar-refractivity contribution in [3.8, 4) is 0 Å². The number of aldehydes is 1. The molecule has 0 N–H and O–H groups in total. The van der Waals surface area contributed by atoms with Crippen LogP contribution in [0.1, 0.15) is 24.2 Å². The summed E-state index contributed by atoms with van der Waals surface area (Å²) in [6, 6.07) is 7.19. The smallest absolute Gasteiger partial charge is 0.404 e. The van der Waals surface area contributed by atoms with E-state index >= 15 is 0 Å². The third-order valence-corrected chi connectivity index (χ3v) is 4.10. The number of fused-ring (bicyclic) bond motifs is 3. The SMILES string of the molecule is CC1(C)O[C@H]2O[C@@H]3COB(c4cccc(C=O)c4)O[C@@H]3[C@H]2O1. The van der Waals surface area contributed by atoms with Crippen LogP contribution >= 0.6 is 0 Å². The van der Waals surface area contributed by atoms with Gasteiger partial charge >= 0.3 is 7.12 Å². The molecule has 7 heteroatoms. The van der Waals surface area contributed by atoms with Crippen LogP contribution < -0.4 is 5.46 Å². The van der Waals surface area contributed by atoms with Gasteiger partial charge in [0, 0.05) is 5.56 Å². The first-order valence-corrected chi connectivity index (χ1v) is 7.39. The van der Waals surface area contributed by atoms with Crippen molar-refractivity contribution in [3.05, 3.63) is 29.8 Å². The molecule has 1 aromatic rings. The lowest BCUT2D eigenvalue weighted by Crippen LogP contribution is -2.53. The van der Waals surface area contributed by atoms with Crippen molar-refractivity contribution < 1.29 is 28.3 Å². The average molecular weight is 304 g/mol. The summed E-state index contributed by atoms with van der Waals surface area (Å²) in [7, 11) is -0.532. The Labute approximate surface area is 128 Å². The molecular formula is C15H17BO6. The highest BCUT2D eigenvalue weighted by molar-refractivity contribution is 6.61. The van der Waals surface area contributed by atoms with Crippen LogP contribution in [0.25, 0.3) is 0 Å². The average Bonchev–Trinajstić information content (AvgIpc) is 2.98. The summed E-state index contributed by atoms with van der Waals surface area (Å²) in [5, 5.41) is 0. The molecular weight excluding hydrogens is 287 g/mol. The van der Waals surface area contributed by atoms with E-state index in [1.165, 1.54) is 0 Å². The maximum atomic E-state index is 10.9. The number of benzene rings is 1. The Hall–Kier alpha value is -1.25. The third kappa shape index (κ3) is 2.39. The van der Waals surface area contributed by atoms with Crippen LogP contribution in [0.3, 0.4) is 0 Å². The Bertz CT molecular complexity index is 591. The van der Waals surface area contributed by atoms with Crippen LogP contribution in [0.2, 0.25) is 0 Å². The third-order valence-electron chi connectivity index (χ3n) is 4.10. The molecule has 1 aromatic carbocycles. The molecule has 3 aliphatic rings. The summed E-state index contributed by atoms with van der Waals surface area (Å²) in [5.41, 5.74) is 1.40. The van der Waals surface area contributed by atoms with Gasteiger partial charge in [0.05, 0.1) is 6.61 Å². The predicted octanol–water partition coefficient (Wildman–Crippen LogP) is 0.486. The van der Waals surface area contributed by atoms with Crippen molar-refractivity contribution in [1.82, 2.24) is 0 Å². The monoisotopic (exact) mass is 304 g/mol.